The fourth-order valence-electron chi connectivity index (χ4n) is 4.72. The third-order valence-electron chi connectivity index (χ3n) is 6.38. The summed E-state index contributed by atoms with van der Waals surface area (Å²) >= 11 is 0. The van der Waals surface area contributed by atoms with E-state index in [-0.39, 0.29) is 36.4 Å². The van der Waals surface area contributed by atoms with Gasteiger partial charge < -0.3 is 14.7 Å². The molecule has 3 aromatic rings. The number of ketones is 1. The highest BCUT2D eigenvalue weighted by atomic mass is 35.5. The Morgan fingerprint density at radius 2 is 1.77 bits per heavy atom. The Bertz CT molecular complexity index is 1290. The zero-order valence-electron chi connectivity index (χ0n) is 19.1. The first-order chi connectivity index (χ1) is 16.4. The van der Waals surface area contributed by atoms with E-state index >= 15 is 0 Å². The molecule has 1 saturated heterocycles. The van der Waals surface area contributed by atoms with Crippen molar-refractivity contribution in [2.75, 3.05) is 6.54 Å². The van der Waals surface area contributed by atoms with Crippen LogP contribution in [0.1, 0.15) is 35.2 Å². The van der Waals surface area contributed by atoms with Crippen LogP contribution < -0.4 is 4.74 Å². The van der Waals surface area contributed by atoms with Gasteiger partial charge in [-0.05, 0) is 60.4 Å². The van der Waals surface area contributed by atoms with Gasteiger partial charge in [0.2, 0.25) is 0 Å². The summed E-state index contributed by atoms with van der Waals surface area (Å²) in [6, 6.07) is 19.8. The fraction of sp³-hybridized carbons (Fsp3) is 0.214. The largest absolute Gasteiger partial charge is 0.507 e. The average molecular weight is 494 g/mol. The molecule has 0 aromatic heterocycles. The Morgan fingerprint density at radius 3 is 2.49 bits per heavy atom. The Kier molecular flexibility index (Phi) is 6.94. The van der Waals surface area contributed by atoms with Crippen LogP contribution in [-0.2, 0) is 22.4 Å². The summed E-state index contributed by atoms with van der Waals surface area (Å²) in [4.78, 5) is 27.7. The van der Waals surface area contributed by atoms with Crippen LogP contribution in [0, 0.1) is 5.82 Å². The molecule has 2 atom stereocenters. The Morgan fingerprint density at radius 1 is 1.06 bits per heavy atom. The number of nitrogens with zero attached hydrogens (tertiary/aromatic N) is 1. The Balaban J connectivity index is 0.00000289. The smallest absolute Gasteiger partial charge is 0.295 e. The zero-order chi connectivity index (χ0) is 23.8. The van der Waals surface area contributed by atoms with Crippen LogP contribution in [0.15, 0.2) is 78.4 Å². The molecule has 35 heavy (non-hydrogen) atoms. The number of likely N-dealkylation sites (tertiary alicyclic amines) is 1. The molecule has 2 unspecified atom stereocenters. The normalized spacial score (nSPS) is 20.3. The molecule has 0 bridgehead atoms. The minimum atomic E-state index is -0.812. The number of Topliss-reactive ketones (excluding diaryl/α,β-unsaturated/α-hetero) is 1. The third-order valence-corrected chi connectivity index (χ3v) is 6.38. The maximum absolute atomic E-state index is 13.7. The number of halogens is 2. The lowest BCUT2D eigenvalue weighted by molar-refractivity contribution is -0.139. The molecule has 0 saturated carbocycles. The van der Waals surface area contributed by atoms with Gasteiger partial charge in [0.25, 0.3) is 11.7 Å². The van der Waals surface area contributed by atoms with Crippen LogP contribution in [0.3, 0.4) is 0 Å². The third kappa shape index (κ3) is 4.66. The number of carbonyl (C=O) groups excluding carboxylic acids is 2. The number of rotatable bonds is 5. The van der Waals surface area contributed by atoms with E-state index in [1.54, 1.807) is 30.3 Å². The van der Waals surface area contributed by atoms with Gasteiger partial charge in [0.05, 0.1) is 11.6 Å². The van der Waals surface area contributed by atoms with Gasteiger partial charge in [0, 0.05) is 18.5 Å². The van der Waals surface area contributed by atoms with Gasteiger partial charge in [-0.25, -0.2) is 4.39 Å². The van der Waals surface area contributed by atoms with Crippen LogP contribution in [0.25, 0.3) is 5.76 Å². The molecule has 2 aliphatic rings. The first kappa shape index (κ1) is 24.5. The van der Waals surface area contributed by atoms with Gasteiger partial charge in [0.15, 0.2) is 0 Å². The lowest BCUT2D eigenvalue weighted by Crippen LogP contribution is -2.31. The van der Waals surface area contributed by atoms with Crippen molar-refractivity contribution in [3.8, 4) is 5.75 Å². The fourth-order valence-corrected chi connectivity index (χ4v) is 4.72. The predicted molar refractivity (Wildman–Crippen MR) is 133 cm³/mol. The number of aliphatic hydroxyl groups excluding tert-OH is 1. The number of carbonyl (C=O) groups is 2. The van der Waals surface area contributed by atoms with E-state index in [0.717, 1.165) is 16.9 Å². The second-order valence-corrected chi connectivity index (χ2v) is 8.73. The molecule has 0 radical (unpaired) electrons. The highest BCUT2D eigenvalue weighted by Gasteiger charge is 2.45. The van der Waals surface area contributed by atoms with Crippen LogP contribution in [0.5, 0.6) is 5.75 Å². The predicted octanol–water partition coefficient (Wildman–Crippen LogP) is 5.24. The summed E-state index contributed by atoms with van der Waals surface area (Å²) in [6.07, 6.45) is 1.28. The molecular weight excluding hydrogens is 469 g/mol. The lowest BCUT2D eigenvalue weighted by atomic mass is 9.94. The maximum Gasteiger partial charge on any atom is 0.295 e. The summed E-state index contributed by atoms with van der Waals surface area (Å²) in [5.41, 5.74) is 2.98. The van der Waals surface area contributed by atoms with E-state index in [2.05, 4.69) is 0 Å². The first-order valence-electron chi connectivity index (χ1n) is 11.3. The van der Waals surface area contributed by atoms with Crippen LogP contribution in [0.2, 0.25) is 0 Å². The zero-order valence-corrected chi connectivity index (χ0v) is 19.9. The molecule has 7 heteroatoms. The van der Waals surface area contributed by atoms with Crippen LogP contribution >= 0.6 is 12.4 Å². The van der Waals surface area contributed by atoms with Crippen molar-refractivity contribution in [1.29, 1.82) is 0 Å². The number of amides is 1. The van der Waals surface area contributed by atoms with E-state index in [1.807, 2.05) is 37.3 Å². The van der Waals surface area contributed by atoms with Gasteiger partial charge >= 0.3 is 0 Å². The number of hydrogen-bond acceptors (Lipinski definition) is 4. The van der Waals surface area contributed by atoms with Crippen LogP contribution in [0.4, 0.5) is 4.39 Å². The van der Waals surface area contributed by atoms with Gasteiger partial charge in [-0.2, -0.15) is 0 Å². The molecule has 3 aromatic carbocycles. The first-order valence-corrected chi connectivity index (χ1v) is 11.3. The van der Waals surface area contributed by atoms with Crippen molar-refractivity contribution in [2.45, 2.75) is 31.9 Å². The highest BCUT2D eigenvalue weighted by Crippen LogP contribution is 2.40. The lowest BCUT2D eigenvalue weighted by Gasteiger charge is -2.25. The molecular formula is C28H25ClFNO4. The molecule has 1 amide bonds. The summed E-state index contributed by atoms with van der Waals surface area (Å²) in [5.74, 6) is -1.33. The second-order valence-electron chi connectivity index (χ2n) is 8.73. The number of fused-ring (bicyclic) bond motifs is 1. The summed E-state index contributed by atoms with van der Waals surface area (Å²) in [6.45, 7) is 2.25. The molecule has 1 fully saturated rings. The summed E-state index contributed by atoms with van der Waals surface area (Å²) in [5, 5.41) is 11.3. The highest BCUT2D eigenvalue weighted by molar-refractivity contribution is 6.46. The average Bonchev–Trinajstić information content (AvgIpc) is 3.34. The van der Waals surface area contributed by atoms with Crippen molar-refractivity contribution >= 4 is 29.9 Å². The van der Waals surface area contributed by atoms with Crippen molar-refractivity contribution in [3.63, 3.8) is 0 Å². The quantitative estimate of drug-likeness (QED) is 0.300. The van der Waals surface area contributed by atoms with Crippen molar-refractivity contribution in [1.82, 2.24) is 4.90 Å². The van der Waals surface area contributed by atoms with Gasteiger partial charge in [-0.15, -0.1) is 12.4 Å². The SMILES string of the molecule is CC1Cc2cc(C(O)=C3C(=O)C(=O)N(CCc4ccccc4)C3c3ccc(F)cc3)ccc2O1.Cl. The van der Waals surface area contributed by atoms with Gasteiger partial charge in [-0.3, -0.25) is 9.59 Å². The van der Waals surface area contributed by atoms with E-state index in [0.29, 0.717) is 24.0 Å². The minimum absolute atomic E-state index is 0. The van der Waals surface area contributed by atoms with Crippen LogP contribution in [-0.4, -0.2) is 34.3 Å². The molecule has 0 aliphatic carbocycles. The standard InChI is InChI=1S/C28H24FNO4.ClH/c1-17-15-21-16-20(9-12-23(21)34-17)26(31)24-25(19-7-10-22(29)11-8-19)30(28(33)27(24)32)14-13-18-5-3-2-4-6-18;/h2-12,16-17,25,31H,13-15H2,1H3;1H. The molecule has 2 heterocycles. The van der Waals surface area contributed by atoms with Crippen molar-refractivity contribution in [3.05, 3.63) is 106 Å². The van der Waals surface area contributed by atoms with E-state index in [1.165, 1.54) is 17.0 Å². The van der Waals surface area contributed by atoms with E-state index in [9.17, 15) is 19.1 Å². The molecule has 0 spiro atoms. The van der Waals surface area contributed by atoms with Crippen molar-refractivity contribution in [2.24, 2.45) is 0 Å². The molecule has 5 nitrogen and oxygen atoms in total. The number of aliphatic hydroxyl groups is 1. The van der Waals surface area contributed by atoms with Gasteiger partial charge in [0.1, 0.15) is 23.4 Å². The Labute approximate surface area is 209 Å². The summed E-state index contributed by atoms with van der Waals surface area (Å²) in [7, 11) is 0. The van der Waals surface area contributed by atoms with Gasteiger partial charge in [-0.1, -0.05) is 42.5 Å². The monoisotopic (exact) mass is 493 g/mol. The minimum Gasteiger partial charge on any atom is -0.507 e. The second kappa shape index (κ2) is 9.92. The molecule has 5 rings (SSSR count). The number of benzene rings is 3. The van der Waals surface area contributed by atoms with Crippen molar-refractivity contribution < 1.29 is 23.8 Å². The molecule has 2 aliphatic heterocycles. The molecule has 180 valence electrons. The van der Waals surface area contributed by atoms with E-state index in [4.69, 9.17) is 4.74 Å². The number of ether oxygens (including phenoxy) is 1. The molecule has 1 N–H and O–H groups in total. The maximum atomic E-state index is 13.7. The van der Waals surface area contributed by atoms with E-state index < -0.39 is 23.5 Å². The Hall–Kier alpha value is -3.64. The topological polar surface area (TPSA) is 66.8 Å². The summed E-state index contributed by atoms with van der Waals surface area (Å²) < 4.78 is 19.4. The number of hydrogen-bond donors (Lipinski definition) is 1.